The lowest BCUT2D eigenvalue weighted by molar-refractivity contribution is -0.116. The molecule has 0 radical (unpaired) electrons. The van der Waals surface area contributed by atoms with Crippen molar-refractivity contribution in [3.05, 3.63) is 53.6 Å². The largest absolute Gasteiger partial charge is 0.497 e. The van der Waals surface area contributed by atoms with Crippen LogP contribution in [0.5, 0.6) is 11.5 Å². The Labute approximate surface area is 122 Å². The Hall–Kier alpha value is -2.53. The molecule has 0 spiro atoms. The van der Waals surface area contributed by atoms with E-state index in [-0.39, 0.29) is 5.91 Å². The molecular formula is C16H16N2O3. The number of rotatable bonds is 4. The second-order valence-corrected chi connectivity index (χ2v) is 4.86. The maximum Gasteiger partial charge on any atom is 0.245 e. The lowest BCUT2D eigenvalue weighted by atomic mass is 10.1. The van der Waals surface area contributed by atoms with E-state index in [1.165, 1.54) is 0 Å². The van der Waals surface area contributed by atoms with Crippen LogP contribution in [-0.4, -0.2) is 13.0 Å². The molecule has 21 heavy (non-hydrogen) atoms. The number of anilines is 1. The van der Waals surface area contributed by atoms with Gasteiger partial charge in [0, 0.05) is 17.3 Å². The van der Waals surface area contributed by atoms with Crippen molar-refractivity contribution in [1.82, 2.24) is 0 Å². The monoisotopic (exact) mass is 284 g/mol. The van der Waals surface area contributed by atoms with Crippen molar-refractivity contribution in [2.24, 2.45) is 5.73 Å². The van der Waals surface area contributed by atoms with Gasteiger partial charge in [-0.25, -0.2) is 0 Å². The molecule has 1 aliphatic heterocycles. The van der Waals surface area contributed by atoms with Crippen LogP contribution in [-0.2, 0) is 11.4 Å². The number of hydrogen-bond donors (Lipinski definition) is 2. The number of nitrogens with two attached hydrogens (primary N) is 1. The zero-order valence-corrected chi connectivity index (χ0v) is 11.6. The van der Waals surface area contributed by atoms with Crippen LogP contribution in [0.1, 0.15) is 17.2 Å². The lowest BCUT2D eigenvalue weighted by Gasteiger charge is -2.09. The van der Waals surface area contributed by atoms with E-state index in [2.05, 4.69) is 5.32 Å². The molecule has 0 fully saturated rings. The fourth-order valence-electron chi connectivity index (χ4n) is 2.29. The molecule has 3 rings (SSSR count). The Morgan fingerprint density at radius 1 is 1.19 bits per heavy atom. The third-order valence-corrected chi connectivity index (χ3v) is 3.44. The van der Waals surface area contributed by atoms with Gasteiger partial charge in [0.25, 0.3) is 0 Å². The van der Waals surface area contributed by atoms with E-state index in [4.69, 9.17) is 15.2 Å². The first-order valence-electron chi connectivity index (χ1n) is 6.63. The Kier molecular flexibility index (Phi) is 3.50. The molecule has 5 heteroatoms. The molecular weight excluding hydrogens is 268 g/mol. The van der Waals surface area contributed by atoms with Gasteiger partial charge in [-0.2, -0.15) is 0 Å². The highest BCUT2D eigenvalue weighted by Crippen LogP contribution is 2.32. The number of hydrogen-bond acceptors (Lipinski definition) is 4. The van der Waals surface area contributed by atoms with Crippen molar-refractivity contribution in [3.63, 3.8) is 0 Å². The highest BCUT2D eigenvalue weighted by Gasteiger charge is 2.27. The summed E-state index contributed by atoms with van der Waals surface area (Å²) in [6, 6.07) is 12.5. The minimum Gasteiger partial charge on any atom is -0.497 e. The number of amides is 1. The van der Waals surface area contributed by atoms with Crippen LogP contribution in [0.3, 0.4) is 0 Å². The average Bonchev–Trinajstić information content (AvgIpc) is 2.80. The third kappa shape index (κ3) is 2.68. The number of benzene rings is 2. The molecule has 2 aromatic rings. The third-order valence-electron chi connectivity index (χ3n) is 3.44. The Morgan fingerprint density at radius 2 is 2.05 bits per heavy atom. The minimum absolute atomic E-state index is 0.185. The summed E-state index contributed by atoms with van der Waals surface area (Å²) in [6.45, 7) is 0.427. The van der Waals surface area contributed by atoms with Gasteiger partial charge in [0.2, 0.25) is 5.91 Å². The zero-order chi connectivity index (χ0) is 14.8. The van der Waals surface area contributed by atoms with Crippen LogP contribution < -0.4 is 20.5 Å². The summed E-state index contributed by atoms with van der Waals surface area (Å²) in [7, 11) is 1.63. The molecule has 1 unspecified atom stereocenters. The second-order valence-electron chi connectivity index (χ2n) is 4.86. The predicted molar refractivity (Wildman–Crippen MR) is 79.3 cm³/mol. The SMILES string of the molecule is COc1cccc(COc2ccc3c(c2)NC(=O)C3N)c1. The number of nitrogens with one attached hydrogen (secondary N) is 1. The summed E-state index contributed by atoms with van der Waals surface area (Å²) in [5.41, 5.74) is 8.30. The summed E-state index contributed by atoms with van der Waals surface area (Å²) in [4.78, 5) is 11.5. The van der Waals surface area contributed by atoms with Crippen LogP contribution in [0.4, 0.5) is 5.69 Å². The number of ether oxygens (including phenoxy) is 2. The Balaban J connectivity index is 1.72. The normalized spacial score (nSPS) is 16.3. The molecule has 2 aromatic carbocycles. The molecule has 1 atom stereocenters. The number of fused-ring (bicyclic) bond motifs is 1. The number of carbonyl (C=O) groups is 1. The molecule has 108 valence electrons. The van der Waals surface area contributed by atoms with Crippen LogP contribution in [0.2, 0.25) is 0 Å². The molecule has 0 aromatic heterocycles. The van der Waals surface area contributed by atoms with Crippen LogP contribution in [0, 0.1) is 0 Å². The molecule has 0 saturated carbocycles. The highest BCUT2D eigenvalue weighted by atomic mass is 16.5. The standard InChI is InChI=1S/C16H16N2O3/c1-20-11-4-2-3-10(7-11)9-21-12-5-6-13-14(8-12)18-16(19)15(13)17/h2-8,15H,9,17H2,1H3,(H,18,19). The maximum atomic E-state index is 11.5. The van der Waals surface area contributed by atoms with Gasteiger partial charge in [-0.3, -0.25) is 4.79 Å². The van der Waals surface area contributed by atoms with Crippen molar-refractivity contribution in [3.8, 4) is 11.5 Å². The molecule has 5 nitrogen and oxygen atoms in total. The van der Waals surface area contributed by atoms with Crippen molar-refractivity contribution in [2.45, 2.75) is 12.6 Å². The number of methoxy groups -OCH3 is 1. The highest BCUT2D eigenvalue weighted by molar-refractivity contribution is 6.02. The van der Waals surface area contributed by atoms with Gasteiger partial charge in [0.15, 0.2) is 0 Å². The van der Waals surface area contributed by atoms with Gasteiger partial charge in [-0.05, 0) is 23.8 Å². The zero-order valence-electron chi connectivity index (χ0n) is 11.6. The van der Waals surface area contributed by atoms with E-state index in [0.717, 1.165) is 22.6 Å². The topological polar surface area (TPSA) is 73.6 Å². The van der Waals surface area contributed by atoms with E-state index < -0.39 is 6.04 Å². The van der Waals surface area contributed by atoms with Crippen molar-refractivity contribution in [1.29, 1.82) is 0 Å². The summed E-state index contributed by atoms with van der Waals surface area (Å²) in [5, 5.41) is 2.74. The average molecular weight is 284 g/mol. The number of carbonyl (C=O) groups excluding carboxylic acids is 1. The van der Waals surface area contributed by atoms with Crippen LogP contribution in [0.15, 0.2) is 42.5 Å². The lowest BCUT2D eigenvalue weighted by Crippen LogP contribution is -2.19. The summed E-state index contributed by atoms with van der Waals surface area (Å²) >= 11 is 0. The predicted octanol–water partition coefficient (Wildman–Crippen LogP) is 2.23. The Morgan fingerprint density at radius 3 is 2.86 bits per heavy atom. The maximum absolute atomic E-state index is 11.5. The molecule has 1 heterocycles. The molecule has 0 saturated heterocycles. The molecule has 1 aliphatic rings. The van der Waals surface area contributed by atoms with E-state index >= 15 is 0 Å². The fourth-order valence-corrected chi connectivity index (χ4v) is 2.29. The van der Waals surface area contributed by atoms with E-state index in [9.17, 15) is 4.79 Å². The van der Waals surface area contributed by atoms with Gasteiger partial charge >= 0.3 is 0 Å². The summed E-state index contributed by atoms with van der Waals surface area (Å²) in [6.07, 6.45) is 0. The smallest absolute Gasteiger partial charge is 0.245 e. The molecule has 0 aliphatic carbocycles. The van der Waals surface area contributed by atoms with E-state index in [1.807, 2.05) is 36.4 Å². The quantitative estimate of drug-likeness (QED) is 0.903. The molecule has 0 bridgehead atoms. The molecule has 1 amide bonds. The van der Waals surface area contributed by atoms with Gasteiger partial charge in [0.1, 0.15) is 24.1 Å². The first-order chi connectivity index (χ1) is 10.2. The summed E-state index contributed by atoms with van der Waals surface area (Å²) < 4.78 is 10.9. The van der Waals surface area contributed by atoms with Gasteiger partial charge in [-0.15, -0.1) is 0 Å². The van der Waals surface area contributed by atoms with Gasteiger partial charge < -0.3 is 20.5 Å². The first-order valence-corrected chi connectivity index (χ1v) is 6.63. The van der Waals surface area contributed by atoms with Crippen molar-refractivity contribution >= 4 is 11.6 Å². The van der Waals surface area contributed by atoms with Gasteiger partial charge in [0.05, 0.1) is 7.11 Å². The Bertz CT molecular complexity index is 685. The van der Waals surface area contributed by atoms with Crippen molar-refractivity contribution in [2.75, 3.05) is 12.4 Å². The van der Waals surface area contributed by atoms with Crippen LogP contribution >= 0.6 is 0 Å². The summed E-state index contributed by atoms with van der Waals surface area (Å²) in [5.74, 6) is 1.30. The van der Waals surface area contributed by atoms with E-state index in [1.54, 1.807) is 13.2 Å². The van der Waals surface area contributed by atoms with Crippen LogP contribution in [0.25, 0.3) is 0 Å². The fraction of sp³-hybridized carbons (Fsp3) is 0.188. The van der Waals surface area contributed by atoms with Gasteiger partial charge in [-0.1, -0.05) is 18.2 Å². The van der Waals surface area contributed by atoms with Crippen molar-refractivity contribution < 1.29 is 14.3 Å². The first kappa shape index (κ1) is 13.5. The second kappa shape index (κ2) is 5.46. The molecule has 3 N–H and O–H groups in total. The van der Waals surface area contributed by atoms with E-state index in [0.29, 0.717) is 12.4 Å². The minimum atomic E-state index is -0.590.